The Hall–Kier alpha value is -0.570. The Kier molecular flexibility index (Phi) is 4.11. The van der Waals surface area contributed by atoms with Crippen LogP contribution in [-0.4, -0.2) is 22.3 Å². The van der Waals surface area contributed by atoms with E-state index in [9.17, 15) is 9.90 Å². The van der Waals surface area contributed by atoms with Gasteiger partial charge in [-0.15, -0.1) is 0 Å². The van der Waals surface area contributed by atoms with Crippen LogP contribution in [0, 0.1) is 29.1 Å². The summed E-state index contributed by atoms with van der Waals surface area (Å²) in [6, 6.07) is 0. The molecule has 4 aliphatic rings. The van der Waals surface area contributed by atoms with Gasteiger partial charge in [-0.05, 0) is 62.7 Å². The zero-order chi connectivity index (χ0) is 17.0. The molecule has 0 amide bonds. The average Bonchev–Trinajstić information content (AvgIpc) is 2.76. The van der Waals surface area contributed by atoms with Crippen molar-refractivity contribution in [1.29, 1.82) is 0 Å². The van der Waals surface area contributed by atoms with Crippen LogP contribution in [0.2, 0.25) is 0 Å². The fourth-order valence-electron chi connectivity index (χ4n) is 5.99. The van der Waals surface area contributed by atoms with Crippen molar-refractivity contribution in [3.05, 3.63) is 0 Å². The lowest BCUT2D eigenvalue weighted by Crippen LogP contribution is -2.47. The molecule has 0 aromatic carbocycles. The number of esters is 1. The molecule has 4 bridgehead atoms. The maximum absolute atomic E-state index is 13.2. The van der Waals surface area contributed by atoms with Crippen LogP contribution in [0.15, 0.2) is 0 Å². The second-order valence-corrected chi connectivity index (χ2v) is 9.59. The lowest BCUT2D eigenvalue weighted by atomic mass is 9.71. The third-order valence-electron chi connectivity index (χ3n) is 7.24. The molecule has 6 atom stereocenters. The number of ether oxygens (including phenoxy) is 1. The lowest BCUT2D eigenvalue weighted by Gasteiger charge is -2.43. The summed E-state index contributed by atoms with van der Waals surface area (Å²) in [5.41, 5.74) is -1.34. The first-order chi connectivity index (χ1) is 10.6. The maximum Gasteiger partial charge on any atom is 0.312 e. The maximum atomic E-state index is 13.2. The molecule has 0 saturated heterocycles. The van der Waals surface area contributed by atoms with Crippen LogP contribution < -0.4 is 0 Å². The Bertz CT molecular complexity index is 487. The van der Waals surface area contributed by atoms with Crippen molar-refractivity contribution in [3.63, 3.8) is 0 Å². The average molecular weight is 322 g/mol. The SMILES string of the molecule is CCC(C)C(C)(CC(C)C)C(=O)OC12CC3CC(C1)C(O)(C3)C2. The summed E-state index contributed by atoms with van der Waals surface area (Å²) in [6.45, 7) is 10.8. The third-order valence-corrected chi connectivity index (χ3v) is 7.24. The first-order valence-corrected chi connectivity index (χ1v) is 9.58. The third kappa shape index (κ3) is 2.73. The number of carbonyl (C=O) groups is 1. The topological polar surface area (TPSA) is 46.5 Å². The van der Waals surface area contributed by atoms with Crippen molar-refractivity contribution in [1.82, 2.24) is 0 Å². The van der Waals surface area contributed by atoms with Crippen LogP contribution in [0.4, 0.5) is 0 Å². The van der Waals surface area contributed by atoms with E-state index in [0.717, 1.165) is 38.5 Å². The number of hydrogen-bond donors (Lipinski definition) is 1. The van der Waals surface area contributed by atoms with E-state index in [1.165, 1.54) is 0 Å². The molecular weight excluding hydrogens is 288 g/mol. The smallest absolute Gasteiger partial charge is 0.312 e. The zero-order valence-corrected chi connectivity index (χ0v) is 15.5. The van der Waals surface area contributed by atoms with Gasteiger partial charge in [-0.2, -0.15) is 0 Å². The lowest BCUT2D eigenvalue weighted by molar-refractivity contribution is -0.183. The van der Waals surface area contributed by atoms with Gasteiger partial charge in [0.05, 0.1) is 11.0 Å². The molecule has 0 heterocycles. The number of rotatable bonds is 6. The molecule has 0 aromatic rings. The molecule has 132 valence electrons. The Morgan fingerprint density at radius 1 is 1.30 bits per heavy atom. The highest BCUT2D eigenvalue weighted by Gasteiger charge is 2.65. The van der Waals surface area contributed by atoms with Gasteiger partial charge in [0.15, 0.2) is 0 Å². The summed E-state index contributed by atoms with van der Waals surface area (Å²) >= 11 is 0. The summed E-state index contributed by atoms with van der Waals surface area (Å²) in [7, 11) is 0. The minimum absolute atomic E-state index is 0.0221. The molecule has 23 heavy (non-hydrogen) atoms. The Morgan fingerprint density at radius 2 is 2.00 bits per heavy atom. The molecule has 4 rings (SSSR count). The summed E-state index contributed by atoms with van der Waals surface area (Å²) in [4.78, 5) is 13.2. The fourth-order valence-corrected chi connectivity index (χ4v) is 5.99. The largest absolute Gasteiger partial charge is 0.459 e. The monoisotopic (exact) mass is 322 g/mol. The zero-order valence-electron chi connectivity index (χ0n) is 15.5. The van der Waals surface area contributed by atoms with Crippen LogP contribution in [-0.2, 0) is 9.53 Å². The van der Waals surface area contributed by atoms with Crippen molar-refractivity contribution < 1.29 is 14.6 Å². The van der Waals surface area contributed by atoms with E-state index in [2.05, 4.69) is 34.6 Å². The molecule has 3 nitrogen and oxygen atoms in total. The molecule has 0 aromatic heterocycles. The standard InChI is InChI=1S/C20H34O3/c1-6-14(4)18(5,8-13(2)3)17(21)23-19-9-15-7-16(11-19)20(22,10-15)12-19/h13-16,22H,6-12H2,1-5H3. The minimum Gasteiger partial charge on any atom is -0.459 e. The molecular formula is C20H34O3. The minimum atomic E-state index is -0.548. The fraction of sp³-hybridized carbons (Fsp3) is 0.950. The molecule has 4 saturated carbocycles. The second kappa shape index (κ2) is 5.47. The van der Waals surface area contributed by atoms with Crippen LogP contribution in [0.1, 0.15) is 79.6 Å². The van der Waals surface area contributed by atoms with E-state index in [0.29, 0.717) is 30.1 Å². The molecule has 0 spiro atoms. The molecule has 0 radical (unpaired) electrons. The van der Waals surface area contributed by atoms with Gasteiger partial charge in [0.2, 0.25) is 0 Å². The summed E-state index contributed by atoms with van der Waals surface area (Å²) in [5.74, 6) is 1.67. The van der Waals surface area contributed by atoms with Gasteiger partial charge in [0, 0.05) is 6.42 Å². The summed E-state index contributed by atoms with van der Waals surface area (Å²) in [6.07, 6.45) is 6.43. The van der Waals surface area contributed by atoms with E-state index in [1.54, 1.807) is 0 Å². The van der Waals surface area contributed by atoms with Crippen molar-refractivity contribution in [2.45, 2.75) is 90.8 Å². The van der Waals surface area contributed by atoms with Gasteiger partial charge < -0.3 is 9.84 Å². The van der Waals surface area contributed by atoms with Gasteiger partial charge in [-0.3, -0.25) is 4.79 Å². The first-order valence-electron chi connectivity index (χ1n) is 9.58. The number of aliphatic hydroxyl groups is 1. The molecule has 1 N–H and O–H groups in total. The van der Waals surface area contributed by atoms with Gasteiger partial charge >= 0.3 is 5.97 Å². The number of carbonyl (C=O) groups excluding carboxylic acids is 1. The quantitative estimate of drug-likeness (QED) is 0.741. The van der Waals surface area contributed by atoms with Gasteiger partial charge in [-0.1, -0.05) is 34.1 Å². The number of hydrogen-bond acceptors (Lipinski definition) is 3. The second-order valence-electron chi connectivity index (χ2n) is 9.59. The Balaban J connectivity index is 1.78. The summed E-state index contributed by atoms with van der Waals surface area (Å²) < 4.78 is 6.23. The van der Waals surface area contributed by atoms with E-state index in [1.807, 2.05) is 0 Å². The van der Waals surface area contributed by atoms with E-state index >= 15 is 0 Å². The van der Waals surface area contributed by atoms with Gasteiger partial charge in [-0.25, -0.2) is 0 Å². The van der Waals surface area contributed by atoms with Crippen molar-refractivity contribution in [3.8, 4) is 0 Å². The van der Waals surface area contributed by atoms with Gasteiger partial charge in [0.25, 0.3) is 0 Å². The predicted octanol–water partition coefficient (Wildman–Crippen LogP) is 4.32. The molecule has 0 aliphatic heterocycles. The van der Waals surface area contributed by atoms with E-state index in [-0.39, 0.29) is 11.6 Å². The predicted molar refractivity (Wildman–Crippen MR) is 90.9 cm³/mol. The van der Waals surface area contributed by atoms with E-state index < -0.39 is 11.0 Å². The van der Waals surface area contributed by atoms with Crippen LogP contribution >= 0.6 is 0 Å². The highest BCUT2D eigenvalue weighted by atomic mass is 16.6. The normalized spacial score (nSPS) is 42.0. The Morgan fingerprint density at radius 3 is 2.52 bits per heavy atom. The highest BCUT2D eigenvalue weighted by molar-refractivity contribution is 5.77. The van der Waals surface area contributed by atoms with Crippen molar-refractivity contribution in [2.75, 3.05) is 0 Å². The van der Waals surface area contributed by atoms with Crippen LogP contribution in [0.25, 0.3) is 0 Å². The first kappa shape index (κ1) is 17.3. The Labute approximate surface area is 141 Å². The summed E-state index contributed by atoms with van der Waals surface area (Å²) in [5, 5.41) is 10.8. The highest BCUT2D eigenvalue weighted by Crippen LogP contribution is 2.63. The molecule has 4 aliphatic carbocycles. The van der Waals surface area contributed by atoms with Crippen LogP contribution in [0.5, 0.6) is 0 Å². The van der Waals surface area contributed by atoms with Crippen molar-refractivity contribution >= 4 is 5.97 Å². The van der Waals surface area contributed by atoms with Gasteiger partial charge in [0.1, 0.15) is 5.60 Å². The molecule has 4 fully saturated rings. The van der Waals surface area contributed by atoms with Crippen LogP contribution in [0.3, 0.4) is 0 Å². The van der Waals surface area contributed by atoms with Crippen molar-refractivity contribution in [2.24, 2.45) is 29.1 Å². The molecule has 6 unspecified atom stereocenters. The van der Waals surface area contributed by atoms with E-state index in [4.69, 9.17) is 4.74 Å². The molecule has 3 heteroatoms.